The summed E-state index contributed by atoms with van der Waals surface area (Å²) >= 11 is 6.33. The summed E-state index contributed by atoms with van der Waals surface area (Å²) < 4.78 is 5.98. The molecule has 7 nitrogen and oxygen atoms in total. The monoisotopic (exact) mass is 437 g/mol. The number of benzene rings is 1. The summed E-state index contributed by atoms with van der Waals surface area (Å²) in [5, 5.41) is 0.741. The molecule has 0 aliphatic carbocycles. The number of halogens is 1. The maximum atomic E-state index is 13.0. The van der Waals surface area contributed by atoms with Crippen LogP contribution in [-0.4, -0.2) is 45.5 Å². The van der Waals surface area contributed by atoms with Crippen LogP contribution in [0.2, 0.25) is 5.02 Å². The van der Waals surface area contributed by atoms with E-state index >= 15 is 0 Å². The molecule has 0 radical (unpaired) electrons. The van der Waals surface area contributed by atoms with E-state index in [2.05, 4.69) is 15.0 Å². The Morgan fingerprint density at radius 1 is 1.26 bits per heavy atom. The molecule has 0 unspecified atom stereocenters. The first-order valence-electron chi connectivity index (χ1n) is 10.1. The Morgan fingerprint density at radius 2 is 2.06 bits per heavy atom. The number of hydrogen-bond acceptors (Lipinski definition) is 6. The molecule has 4 rings (SSSR count). The fourth-order valence-electron chi connectivity index (χ4n) is 3.77. The molecular formula is C23H24ClN5O2. The zero-order valence-electron chi connectivity index (χ0n) is 17.5. The van der Waals surface area contributed by atoms with E-state index in [1.807, 2.05) is 43.3 Å². The van der Waals surface area contributed by atoms with Crippen molar-refractivity contribution in [1.29, 1.82) is 0 Å². The van der Waals surface area contributed by atoms with Gasteiger partial charge in [0.15, 0.2) is 0 Å². The lowest BCUT2D eigenvalue weighted by molar-refractivity contribution is -0.0248. The van der Waals surface area contributed by atoms with Crippen LogP contribution in [0.4, 0.5) is 5.95 Å². The highest BCUT2D eigenvalue weighted by Crippen LogP contribution is 2.26. The van der Waals surface area contributed by atoms with Crippen LogP contribution in [0.15, 0.2) is 42.6 Å². The first-order chi connectivity index (χ1) is 14.9. The van der Waals surface area contributed by atoms with Gasteiger partial charge in [-0.2, -0.15) is 0 Å². The number of rotatable bonds is 4. The Morgan fingerprint density at radius 3 is 2.84 bits per heavy atom. The Kier molecular flexibility index (Phi) is 6.15. The van der Waals surface area contributed by atoms with Crippen LogP contribution >= 0.6 is 11.6 Å². The summed E-state index contributed by atoms with van der Waals surface area (Å²) in [6, 6.07) is 11.9. The molecule has 160 valence electrons. The summed E-state index contributed by atoms with van der Waals surface area (Å²) in [5.74, 6) is 0.0265. The summed E-state index contributed by atoms with van der Waals surface area (Å²) in [6.07, 6.45) is 1.88. The fourth-order valence-corrected chi connectivity index (χ4v) is 3.98. The highest BCUT2D eigenvalue weighted by atomic mass is 35.5. The second kappa shape index (κ2) is 8.99. The number of aryl methyl sites for hydroxylation is 2. The Labute approximate surface area is 186 Å². The number of ether oxygens (including phenoxy) is 1. The summed E-state index contributed by atoms with van der Waals surface area (Å²) in [7, 11) is 0. The first-order valence-corrected chi connectivity index (χ1v) is 10.5. The molecule has 2 N–H and O–H groups in total. The number of anilines is 1. The molecule has 1 amide bonds. The fraction of sp³-hybridized carbons (Fsp3) is 0.304. The van der Waals surface area contributed by atoms with Crippen molar-refractivity contribution in [1.82, 2.24) is 19.9 Å². The lowest BCUT2D eigenvalue weighted by Gasteiger charge is -2.33. The molecule has 2 aromatic heterocycles. The topological polar surface area (TPSA) is 94.2 Å². The smallest absolute Gasteiger partial charge is 0.257 e. The van der Waals surface area contributed by atoms with Crippen molar-refractivity contribution in [2.75, 3.05) is 25.4 Å². The van der Waals surface area contributed by atoms with Gasteiger partial charge >= 0.3 is 0 Å². The van der Waals surface area contributed by atoms with Gasteiger partial charge in [0.25, 0.3) is 5.91 Å². The van der Waals surface area contributed by atoms with Crippen molar-refractivity contribution in [3.8, 4) is 0 Å². The molecule has 1 aromatic carbocycles. The number of nitrogens with two attached hydrogens (primary N) is 1. The molecule has 1 aliphatic heterocycles. The van der Waals surface area contributed by atoms with Gasteiger partial charge in [0.1, 0.15) is 6.10 Å². The predicted molar refractivity (Wildman–Crippen MR) is 119 cm³/mol. The standard InChI is InChI=1S/C23H24ClN5O2/c1-14-9-16(10-17-5-3-4-6-19(17)24)11-20(27-14)21-13-29(7-8-31-21)22(30)18-12-26-23(25)28-15(18)2/h3-6,9,11-12,21H,7-8,10,13H2,1-2H3,(H2,25,26,28)/t21-/m1/s1. The second-order valence-corrected chi connectivity index (χ2v) is 8.05. The van der Waals surface area contributed by atoms with Crippen LogP contribution in [0.3, 0.4) is 0 Å². The van der Waals surface area contributed by atoms with Crippen molar-refractivity contribution in [3.63, 3.8) is 0 Å². The molecule has 8 heteroatoms. The zero-order chi connectivity index (χ0) is 22.0. The van der Waals surface area contributed by atoms with E-state index in [1.54, 1.807) is 11.8 Å². The highest BCUT2D eigenvalue weighted by Gasteiger charge is 2.28. The number of carbonyl (C=O) groups excluding carboxylic acids is 1. The van der Waals surface area contributed by atoms with Gasteiger partial charge < -0.3 is 15.4 Å². The molecule has 1 fully saturated rings. The molecule has 0 bridgehead atoms. The van der Waals surface area contributed by atoms with Crippen molar-refractivity contribution < 1.29 is 9.53 Å². The van der Waals surface area contributed by atoms with E-state index in [9.17, 15) is 4.79 Å². The maximum Gasteiger partial charge on any atom is 0.257 e. The lowest BCUT2D eigenvalue weighted by Crippen LogP contribution is -2.42. The normalized spacial score (nSPS) is 16.4. The van der Waals surface area contributed by atoms with Crippen LogP contribution < -0.4 is 5.73 Å². The lowest BCUT2D eigenvalue weighted by atomic mass is 10.0. The van der Waals surface area contributed by atoms with Gasteiger partial charge in [-0.05, 0) is 49.6 Å². The van der Waals surface area contributed by atoms with Gasteiger partial charge in [-0.1, -0.05) is 29.8 Å². The number of morpholine rings is 1. The number of nitrogens with zero attached hydrogens (tertiary/aromatic N) is 4. The van der Waals surface area contributed by atoms with E-state index in [0.717, 1.165) is 27.5 Å². The SMILES string of the molecule is Cc1cc(Cc2ccccc2Cl)cc([C@H]2CN(C(=O)c3cnc(N)nc3C)CCO2)n1. The molecule has 31 heavy (non-hydrogen) atoms. The molecule has 0 saturated carbocycles. The van der Waals surface area contributed by atoms with Crippen LogP contribution in [0.25, 0.3) is 0 Å². The number of aromatic nitrogens is 3. The summed E-state index contributed by atoms with van der Waals surface area (Å²) in [6.45, 7) is 5.05. The minimum atomic E-state index is -0.308. The van der Waals surface area contributed by atoms with Crippen LogP contribution in [0.1, 0.15) is 44.7 Å². The zero-order valence-corrected chi connectivity index (χ0v) is 18.3. The predicted octanol–water partition coefficient (Wildman–Crippen LogP) is 3.53. The van der Waals surface area contributed by atoms with E-state index in [1.165, 1.54) is 6.20 Å². The molecule has 1 atom stereocenters. The van der Waals surface area contributed by atoms with Crippen LogP contribution in [0.5, 0.6) is 0 Å². The van der Waals surface area contributed by atoms with E-state index in [0.29, 0.717) is 37.4 Å². The van der Waals surface area contributed by atoms with Crippen LogP contribution in [0, 0.1) is 13.8 Å². The van der Waals surface area contributed by atoms with Crippen molar-refractivity contribution in [3.05, 3.63) is 81.4 Å². The van der Waals surface area contributed by atoms with E-state index < -0.39 is 0 Å². The van der Waals surface area contributed by atoms with E-state index in [4.69, 9.17) is 22.1 Å². The average molecular weight is 438 g/mol. The second-order valence-electron chi connectivity index (χ2n) is 7.65. The number of hydrogen-bond donors (Lipinski definition) is 1. The van der Waals surface area contributed by atoms with Gasteiger partial charge in [0.2, 0.25) is 5.95 Å². The van der Waals surface area contributed by atoms with Gasteiger partial charge in [-0.3, -0.25) is 9.78 Å². The Hall–Kier alpha value is -3.03. The Bertz CT molecular complexity index is 1120. The maximum absolute atomic E-state index is 13.0. The first kappa shape index (κ1) is 21.2. The van der Waals surface area contributed by atoms with Gasteiger partial charge in [-0.15, -0.1) is 0 Å². The van der Waals surface area contributed by atoms with Gasteiger partial charge in [0.05, 0.1) is 30.1 Å². The van der Waals surface area contributed by atoms with Crippen molar-refractivity contribution in [2.45, 2.75) is 26.4 Å². The van der Waals surface area contributed by atoms with Gasteiger partial charge in [-0.25, -0.2) is 9.97 Å². The van der Waals surface area contributed by atoms with E-state index in [-0.39, 0.29) is 18.0 Å². The molecule has 3 heterocycles. The Balaban J connectivity index is 1.55. The minimum Gasteiger partial charge on any atom is -0.368 e. The van der Waals surface area contributed by atoms with Crippen LogP contribution in [-0.2, 0) is 11.2 Å². The summed E-state index contributed by atoms with van der Waals surface area (Å²) in [5.41, 5.74) is 10.5. The molecule has 0 spiro atoms. The molecule has 1 saturated heterocycles. The van der Waals surface area contributed by atoms with Gasteiger partial charge in [0, 0.05) is 23.5 Å². The third kappa shape index (κ3) is 4.84. The minimum absolute atomic E-state index is 0.130. The molecule has 3 aromatic rings. The highest BCUT2D eigenvalue weighted by molar-refractivity contribution is 6.31. The molecule has 1 aliphatic rings. The number of pyridine rings is 1. The van der Waals surface area contributed by atoms with Crippen molar-refractivity contribution in [2.24, 2.45) is 0 Å². The summed E-state index contributed by atoms with van der Waals surface area (Å²) in [4.78, 5) is 27.5. The molecular weight excluding hydrogens is 414 g/mol. The average Bonchev–Trinajstić information content (AvgIpc) is 2.75. The number of nitrogen functional groups attached to an aromatic ring is 1. The number of amides is 1. The van der Waals surface area contributed by atoms with Crippen molar-refractivity contribution >= 4 is 23.5 Å². The number of carbonyl (C=O) groups is 1. The third-order valence-electron chi connectivity index (χ3n) is 5.30. The quantitative estimate of drug-likeness (QED) is 0.671. The third-order valence-corrected chi connectivity index (χ3v) is 5.67. The largest absolute Gasteiger partial charge is 0.368 e.